The summed E-state index contributed by atoms with van der Waals surface area (Å²) in [6.45, 7) is 7.91. The van der Waals surface area contributed by atoms with Gasteiger partial charge in [-0.15, -0.1) is 0 Å². The molecule has 0 spiro atoms. The molecule has 1 aliphatic carbocycles. The molecule has 4 rings (SSSR count). The van der Waals surface area contributed by atoms with Gasteiger partial charge in [0.25, 0.3) is 0 Å². The topological polar surface area (TPSA) is 106 Å². The number of aliphatic imine (C=N–C) groups is 3. The predicted molar refractivity (Wildman–Crippen MR) is 143 cm³/mol. The number of para-hydroxylation sites is 1. The lowest BCUT2D eigenvalue weighted by atomic mass is 9.92. The number of anilines is 2. The number of hydrogen-bond donors (Lipinski definition) is 2. The van der Waals surface area contributed by atoms with Gasteiger partial charge < -0.3 is 11.5 Å². The molecule has 4 N–H and O–H groups in total. The molecule has 1 fully saturated rings. The van der Waals surface area contributed by atoms with E-state index in [2.05, 4.69) is 0 Å². The Hall–Kier alpha value is -4.06. The highest BCUT2D eigenvalue weighted by Gasteiger charge is 2.28. The molecule has 0 aromatic heterocycles. The van der Waals surface area contributed by atoms with Crippen LogP contribution in [-0.2, 0) is 4.79 Å². The number of nitrogens with zero attached hydrogens (tertiary/aromatic N) is 3. The monoisotopic (exact) mass is 451 g/mol. The molecule has 0 atom stereocenters. The van der Waals surface area contributed by atoms with Crippen LogP contribution in [0.25, 0.3) is 0 Å². The third kappa shape index (κ3) is 4.66. The maximum atomic E-state index is 13.1. The number of hydrogen-bond acceptors (Lipinski definition) is 6. The second-order valence-corrected chi connectivity index (χ2v) is 8.64. The van der Waals surface area contributed by atoms with Crippen molar-refractivity contribution in [3.63, 3.8) is 0 Å². The number of Topliss-reactive ketones (excluding diaryl/α,β-unsaturated/α-hetero) is 1. The first-order chi connectivity index (χ1) is 16.2. The molecule has 3 aromatic rings. The molecule has 0 unspecified atom stereocenters. The Balaban J connectivity index is 1.81. The number of nitrogens with two attached hydrogens (primary N) is 2. The summed E-state index contributed by atoms with van der Waals surface area (Å²) < 4.78 is 0. The van der Waals surface area contributed by atoms with Crippen LogP contribution in [-0.4, -0.2) is 22.9 Å². The van der Waals surface area contributed by atoms with Crippen LogP contribution in [0.3, 0.4) is 0 Å². The average Bonchev–Trinajstić information content (AvgIpc) is 2.83. The van der Waals surface area contributed by atoms with Gasteiger partial charge in [-0.25, -0.2) is 4.99 Å². The van der Waals surface area contributed by atoms with Crippen molar-refractivity contribution < 1.29 is 4.79 Å². The maximum absolute atomic E-state index is 13.1. The Labute approximate surface area is 200 Å². The smallest absolute Gasteiger partial charge is 0.183 e. The average molecular weight is 452 g/mol. The molecular weight excluding hydrogens is 422 g/mol. The van der Waals surface area contributed by atoms with E-state index in [4.69, 9.17) is 26.4 Å². The normalized spacial score (nSPS) is 17.6. The van der Waals surface area contributed by atoms with Gasteiger partial charge in [-0.2, -0.15) is 0 Å². The van der Waals surface area contributed by atoms with Gasteiger partial charge in [0.1, 0.15) is 0 Å². The summed E-state index contributed by atoms with van der Waals surface area (Å²) in [6.07, 6.45) is 0.447. The van der Waals surface area contributed by atoms with Crippen molar-refractivity contribution in [2.24, 2.45) is 15.0 Å². The minimum atomic E-state index is -0.0484. The molecule has 172 valence electrons. The predicted octanol–water partition coefficient (Wildman–Crippen LogP) is 6.07. The SMILES string of the molecule is Cc1c(N)ccc(N=C2CC(=Nc3ccc(N)c(C)c3C)C(=Nc3ccccc3)CC2=O)c1C. The summed E-state index contributed by atoms with van der Waals surface area (Å²) >= 11 is 0. The van der Waals surface area contributed by atoms with Crippen LogP contribution in [0, 0.1) is 27.7 Å². The van der Waals surface area contributed by atoms with Crippen LogP contribution in [0.1, 0.15) is 35.1 Å². The Morgan fingerprint density at radius 1 is 0.588 bits per heavy atom. The van der Waals surface area contributed by atoms with E-state index in [0.29, 0.717) is 23.5 Å². The van der Waals surface area contributed by atoms with Crippen molar-refractivity contribution in [2.45, 2.75) is 40.5 Å². The Morgan fingerprint density at radius 3 is 1.65 bits per heavy atom. The summed E-state index contributed by atoms with van der Waals surface area (Å²) in [5.41, 5.74) is 21.7. The number of carbonyl (C=O) groups excluding carboxylic acids is 1. The van der Waals surface area contributed by atoms with Crippen molar-refractivity contribution in [2.75, 3.05) is 11.5 Å². The van der Waals surface area contributed by atoms with Crippen molar-refractivity contribution in [3.05, 3.63) is 76.9 Å². The van der Waals surface area contributed by atoms with Gasteiger partial charge in [0.15, 0.2) is 5.78 Å². The third-order valence-corrected chi connectivity index (χ3v) is 6.45. The molecular formula is C28H29N5O. The minimum Gasteiger partial charge on any atom is -0.399 e. The van der Waals surface area contributed by atoms with Crippen LogP contribution in [0.15, 0.2) is 69.6 Å². The van der Waals surface area contributed by atoms with Crippen LogP contribution in [0.2, 0.25) is 0 Å². The fraction of sp³-hybridized carbons (Fsp3) is 0.214. The van der Waals surface area contributed by atoms with E-state index in [-0.39, 0.29) is 12.2 Å². The fourth-order valence-electron chi connectivity index (χ4n) is 3.87. The van der Waals surface area contributed by atoms with E-state index in [0.717, 1.165) is 50.7 Å². The molecule has 6 nitrogen and oxygen atoms in total. The van der Waals surface area contributed by atoms with Crippen molar-refractivity contribution in [1.82, 2.24) is 0 Å². The molecule has 0 bridgehead atoms. The quantitative estimate of drug-likeness (QED) is 0.472. The van der Waals surface area contributed by atoms with E-state index in [9.17, 15) is 4.79 Å². The first kappa shape index (κ1) is 23.1. The lowest BCUT2D eigenvalue weighted by Crippen LogP contribution is -2.33. The van der Waals surface area contributed by atoms with Gasteiger partial charge in [-0.1, -0.05) is 18.2 Å². The fourth-order valence-corrected chi connectivity index (χ4v) is 3.87. The molecule has 3 aromatic carbocycles. The van der Waals surface area contributed by atoms with Crippen LogP contribution < -0.4 is 11.5 Å². The Bertz CT molecular complexity index is 1370. The molecule has 1 aliphatic rings. The molecule has 0 heterocycles. The summed E-state index contributed by atoms with van der Waals surface area (Å²) in [6, 6.07) is 17.1. The van der Waals surface area contributed by atoms with E-state index in [1.54, 1.807) is 0 Å². The van der Waals surface area contributed by atoms with Crippen molar-refractivity contribution >= 4 is 51.4 Å². The number of benzene rings is 3. The van der Waals surface area contributed by atoms with Gasteiger partial charge in [0.05, 0.1) is 40.6 Å². The molecule has 6 heteroatoms. The van der Waals surface area contributed by atoms with Gasteiger partial charge in [-0.05, 0) is 86.3 Å². The maximum Gasteiger partial charge on any atom is 0.183 e. The van der Waals surface area contributed by atoms with Gasteiger partial charge >= 0.3 is 0 Å². The lowest BCUT2D eigenvalue weighted by Gasteiger charge is -2.19. The summed E-state index contributed by atoms with van der Waals surface area (Å²) in [7, 11) is 0. The van der Waals surface area contributed by atoms with E-state index < -0.39 is 0 Å². The first-order valence-corrected chi connectivity index (χ1v) is 11.3. The highest BCUT2D eigenvalue weighted by molar-refractivity contribution is 6.62. The zero-order valence-corrected chi connectivity index (χ0v) is 20.0. The number of nitrogen functional groups attached to an aromatic ring is 2. The van der Waals surface area contributed by atoms with Crippen LogP contribution in [0.4, 0.5) is 28.4 Å². The second-order valence-electron chi connectivity index (χ2n) is 8.64. The Morgan fingerprint density at radius 2 is 1.09 bits per heavy atom. The van der Waals surface area contributed by atoms with Gasteiger partial charge in [0, 0.05) is 17.8 Å². The number of carbonyl (C=O) groups is 1. The van der Waals surface area contributed by atoms with E-state index in [1.807, 2.05) is 82.3 Å². The number of rotatable bonds is 3. The molecule has 0 amide bonds. The summed E-state index contributed by atoms with van der Waals surface area (Å²) in [4.78, 5) is 27.6. The van der Waals surface area contributed by atoms with Crippen molar-refractivity contribution in [1.29, 1.82) is 0 Å². The summed E-state index contributed by atoms with van der Waals surface area (Å²) in [5.74, 6) is -0.0484. The Kier molecular flexibility index (Phi) is 6.41. The second kappa shape index (κ2) is 9.43. The van der Waals surface area contributed by atoms with E-state index in [1.165, 1.54) is 0 Å². The van der Waals surface area contributed by atoms with Gasteiger partial charge in [0.2, 0.25) is 0 Å². The minimum absolute atomic E-state index is 0.0484. The summed E-state index contributed by atoms with van der Waals surface area (Å²) in [5, 5.41) is 0. The molecule has 34 heavy (non-hydrogen) atoms. The van der Waals surface area contributed by atoms with Crippen molar-refractivity contribution in [3.8, 4) is 0 Å². The third-order valence-electron chi connectivity index (χ3n) is 6.45. The molecule has 0 aliphatic heterocycles. The standard InChI is InChI=1S/C28H29N5O/c1-16-18(3)23(12-10-21(16)29)32-25-14-27(33-24-13-11-22(30)17(2)19(24)4)28(34)15-26(25)31-20-8-6-5-7-9-20/h5-13H,14-15,29-30H2,1-4H3. The van der Waals surface area contributed by atoms with E-state index >= 15 is 0 Å². The zero-order chi connectivity index (χ0) is 24.4. The van der Waals surface area contributed by atoms with Crippen LogP contribution in [0.5, 0.6) is 0 Å². The van der Waals surface area contributed by atoms with Crippen LogP contribution >= 0.6 is 0 Å². The first-order valence-electron chi connectivity index (χ1n) is 11.3. The highest BCUT2D eigenvalue weighted by Crippen LogP contribution is 2.30. The molecule has 0 radical (unpaired) electrons. The molecule has 0 saturated heterocycles. The highest BCUT2D eigenvalue weighted by atomic mass is 16.1. The number of ketones is 1. The lowest BCUT2D eigenvalue weighted by molar-refractivity contribution is -0.112. The largest absolute Gasteiger partial charge is 0.399 e. The zero-order valence-electron chi connectivity index (χ0n) is 20.0. The van der Waals surface area contributed by atoms with Gasteiger partial charge in [-0.3, -0.25) is 14.8 Å². The molecule has 1 saturated carbocycles.